The lowest BCUT2D eigenvalue weighted by molar-refractivity contribution is -0.137. The van der Waals surface area contributed by atoms with Crippen molar-refractivity contribution in [2.75, 3.05) is 19.6 Å². The number of unbranched alkanes of at least 4 members (excludes halogenated alkanes) is 6. The fourth-order valence-corrected chi connectivity index (χ4v) is 4.22. The van der Waals surface area contributed by atoms with Crippen LogP contribution in [0.2, 0.25) is 0 Å². The van der Waals surface area contributed by atoms with Crippen molar-refractivity contribution in [2.24, 2.45) is 0 Å². The van der Waals surface area contributed by atoms with Crippen molar-refractivity contribution in [1.82, 2.24) is 25.2 Å². The average Bonchev–Trinajstić information content (AvgIpc) is 3.36. The molecule has 8 nitrogen and oxygen atoms in total. The number of hydrogen-bond donors (Lipinski definition) is 2. The van der Waals surface area contributed by atoms with Gasteiger partial charge in [-0.05, 0) is 52.6 Å². The number of likely N-dealkylation sites (tertiary alicyclic amines) is 1. The molecule has 1 aromatic rings. The Morgan fingerprint density at radius 1 is 1.03 bits per heavy atom. The first-order chi connectivity index (χ1) is 14.8. The van der Waals surface area contributed by atoms with Crippen LogP contribution in [0.15, 0.2) is 6.20 Å². The number of hydrogen-bond acceptors (Lipinski definition) is 5. The second-order valence-corrected chi connectivity index (χ2v) is 9.51. The molecule has 0 aromatic carbocycles. The first kappa shape index (κ1) is 25.3. The minimum absolute atomic E-state index is 0.0940. The summed E-state index contributed by atoms with van der Waals surface area (Å²) in [5, 5.41) is 20.0. The highest BCUT2D eigenvalue weighted by Crippen LogP contribution is 2.14. The van der Waals surface area contributed by atoms with Gasteiger partial charge in [0.2, 0.25) is 5.91 Å². The molecule has 8 heteroatoms. The van der Waals surface area contributed by atoms with Gasteiger partial charge in [-0.25, -0.2) is 0 Å². The third-order valence-electron chi connectivity index (χ3n) is 5.77. The first-order valence-corrected chi connectivity index (χ1v) is 12.0. The molecule has 176 valence electrons. The van der Waals surface area contributed by atoms with Crippen molar-refractivity contribution >= 4 is 11.9 Å². The van der Waals surface area contributed by atoms with Crippen LogP contribution < -0.4 is 5.32 Å². The number of amides is 1. The van der Waals surface area contributed by atoms with Crippen molar-refractivity contribution in [3.8, 4) is 0 Å². The maximum Gasteiger partial charge on any atom is 0.303 e. The van der Waals surface area contributed by atoms with Crippen molar-refractivity contribution in [3.05, 3.63) is 11.9 Å². The molecule has 1 fully saturated rings. The molecule has 0 aliphatic carbocycles. The van der Waals surface area contributed by atoms with Crippen LogP contribution in [0.25, 0.3) is 0 Å². The van der Waals surface area contributed by atoms with Gasteiger partial charge in [0.1, 0.15) is 0 Å². The number of nitrogens with zero attached hydrogens (tertiary/aromatic N) is 4. The molecule has 0 spiro atoms. The summed E-state index contributed by atoms with van der Waals surface area (Å²) in [4.78, 5) is 25.3. The van der Waals surface area contributed by atoms with Crippen molar-refractivity contribution in [2.45, 2.75) is 103 Å². The van der Waals surface area contributed by atoms with Gasteiger partial charge < -0.3 is 15.3 Å². The molecule has 0 saturated carbocycles. The highest BCUT2D eigenvalue weighted by atomic mass is 16.4. The second-order valence-electron chi connectivity index (χ2n) is 9.51. The lowest BCUT2D eigenvalue weighted by Crippen LogP contribution is -2.50. The summed E-state index contributed by atoms with van der Waals surface area (Å²) in [6.45, 7) is 8.33. The molecule has 1 aliphatic heterocycles. The number of nitrogens with one attached hydrogen (secondary N) is 1. The number of carboxylic acid groups (broad SMARTS) is 1. The van der Waals surface area contributed by atoms with Crippen LogP contribution in [0, 0.1) is 0 Å². The summed E-state index contributed by atoms with van der Waals surface area (Å²) >= 11 is 0. The molecule has 31 heavy (non-hydrogen) atoms. The van der Waals surface area contributed by atoms with E-state index in [1.807, 2.05) is 6.20 Å². The predicted octanol–water partition coefficient (Wildman–Crippen LogP) is 3.41. The quantitative estimate of drug-likeness (QED) is 0.386. The van der Waals surface area contributed by atoms with E-state index in [1.165, 1.54) is 32.1 Å². The van der Waals surface area contributed by atoms with Gasteiger partial charge in [0.25, 0.3) is 0 Å². The fourth-order valence-electron chi connectivity index (χ4n) is 4.22. The fraction of sp³-hybridized carbons (Fsp3) is 0.826. The summed E-state index contributed by atoms with van der Waals surface area (Å²) in [6, 6.07) is 0. The molecule has 1 amide bonds. The first-order valence-electron chi connectivity index (χ1n) is 12.0. The molecule has 2 rings (SSSR count). The van der Waals surface area contributed by atoms with E-state index in [4.69, 9.17) is 5.11 Å². The van der Waals surface area contributed by atoms with Crippen LogP contribution in [0.4, 0.5) is 0 Å². The Bertz CT molecular complexity index is 668. The standard InChI is InChI=1S/C23H41N5O3/c1-23(2,19-27-15-10-11-16-27)24-21(29)12-8-6-4-3-5-7-9-17-28-18-20(25-26-28)13-14-22(30)31/h18H,3-17,19H2,1-2H3,(H,24,29)(H,30,31). The minimum atomic E-state index is -0.809. The zero-order valence-corrected chi connectivity index (χ0v) is 19.4. The Balaban J connectivity index is 1.43. The number of carbonyl (C=O) groups excluding carboxylic acids is 1. The largest absolute Gasteiger partial charge is 0.481 e. The number of rotatable bonds is 16. The summed E-state index contributed by atoms with van der Waals surface area (Å²) in [5.41, 5.74) is 0.591. The van der Waals surface area contributed by atoms with E-state index in [0.717, 1.165) is 57.6 Å². The molecule has 0 unspecified atom stereocenters. The normalized spacial score (nSPS) is 14.8. The van der Waals surface area contributed by atoms with E-state index in [9.17, 15) is 9.59 Å². The molecule has 1 aromatic heterocycles. The molecule has 0 atom stereocenters. The van der Waals surface area contributed by atoms with Crippen LogP contribution in [0.1, 0.15) is 90.2 Å². The Morgan fingerprint density at radius 2 is 1.68 bits per heavy atom. The summed E-state index contributed by atoms with van der Waals surface area (Å²) < 4.78 is 1.81. The van der Waals surface area contributed by atoms with Crippen LogP contribution in [-0.4, -0.2) is 62.0 Å². The zero-order valence-electron chi connectivity index (χ0n) is 19.4. The molecule has 2 heterocycles. The second kappa shape index (κ2) is 13.5. The lowest BCUT2D eigenvalue weighted by atomic mass is 10.0. The molecule has 1 saturated heterocycles. The van der Waals surface area contributed by atoms with Gasteiger partial charge in [-0.2, -0.15) is 0 Å². The average molecular weight is 436 g/mol. The van der Waals surface area contributed by atoms with Gasteiger partial charge in [-0.15, -0.1) is 5.10 Å². The van der Waals surface area contributed by atoms with E-state index in [1.54, 1.807) is 4.68 Å². The monoisotopic (exact) mass is 435 g/mol. The minimum Gasteiger partial charge on any atom is -0.481 e. The van der Waals surface area contributed by atoms with Gasteiger partial charge in [0.05, 0.1) is 12.1 Å². The molecule has 2 N–H and O–H groups in total. The third-order valence-corrected chi connectivity index (χ3v) is 5.77. The number of carboxylic acids is 1. The summed E-state index contributed by atoms with van der Waals surface area (Å²) in [7, 11) is 0. The van der Waals surface area contributed by atoms with E-state index in [-0.39, 0.29) is 17.9 Å². The van der Waals surface area contributed by atoms with Crippen molar-refractivity contribution in [1.29, 1.82) is 0 Å². The van der Waals surface area contributed by atoms with Crippen molar-refractivity contribution in [3.63, 3.8) is 0 Å². The maximum atomic E-state index is 12.2. The molecule has 0 bridgehead atoms. The topological polar surface area (TPSA) is 100 Å². The van der Waals surface area contributed by atoms with Gasteiger partial charge in [-0.1, -0.05) is 37.3 Å². The smallest absolute Gasteiger partial charge is 0.303 e. The van der Waals surface area contributed by atoms with Gasteiger partial charge in [-0.3, -0.25) is 14.3 Å². The SMILES string of the molecule is CC(C)(CN1CCCC1)NC(=O)CCCCCCCCCn1cc(CCC(=O)O)nn1. The number of aromatic nitrogens is 3. The summed E-state index contributed by atoms with van der Waals surface area (Å²) in [6.07, 6.45) is 13.4. The number of aryl methyl sites for hydroxylation is 2. The van der Waals surface area contributed by atoms with Crippen LogP contribution in [-0.2, 0) is 22.6 Å². The molecular formula is C23H41N5O3. The highest BCUT2D eigenvalue weighted by molar-refractivity contribution is 5.76. The van der Waals surface area contributed by atoms with E-state index < -0.39 is 5.97 Å². The molecule has 1 aliphatic rings. The number of aliphatic carboxylic acids is 1. The highest BCUT2D eigenvalue weighted by Gasteiger charge is 2.25. The number of carbonyl (C=O) groups is 2. The van der Waals surface area contributed by atoms with Crippen LogP contribution in [0.5, 0.6) is 0 Å². The van der Waals surface area contributed by atoms with Gasteiger partial charge in [0, 0.05) is 37.7 Å². The summed E-state index contributed by atoms with van der Waals surface area (Å²) in [5.74, 6) is -0.628. The Morgan fingerprint density at radius 3 is 2.35 bits per heavy atom. The van der Waals surface area contributed by atoms with E-state index in [2.05, 4.69) is 34.4 Å². The van der Waals surface area contributed by atoms with E-state index in [0.29, 0.717) is 12.8 Å². The molecule has 0 radical (unpaired) electrons. The van der Waals surface area contributed by atoms with Gasteiger partial charge >= 0.3 is 5.97 Å². The van der Waals surface area contributed by atoms with Gasteiger partial charge in [0.15, 0.2) is 0 Å². The zero-order chi connectivity index (χ0) is 22.5. The van der Waals surface area contributed by atoms with Crippen LogP contribution in [0.3, 0.4) is 0 Å². The van der Waals surface area contributed by atoms with E-state index >= 15 is 0 Å². The van der Waals surface area contributed by atoms with Crippen molar-refractivity contribution < 1.29 is 14.7 Å². The Labute approximate surface area is 186 Å². The lowest BCUT2D eigenvalue weighted by Gasteiger charge is -2.31. The molecular weight excluding hydrogens is 394 g/mol. The van der Waals surface area contributed by atoms with Crippen LogP contribution >= 0.6 is 0 Å². The predicted molar refractivity (Wildman–Crippen MR) is 121 cm³/mol. The Hall–Kier alpha value is -1.96. The third kappa shape index (κ3) is 11.3. The maximum absolute atomic E-state index is 12.2. The Kier molecular flexibility index (Phi) is 11.0.